The van der Waals surface area contributed by atoms with Crippen molar-refractivity contribution in [2.45, 2.75) is 51.1 Å². The molecule has 6 nitrogen and oxygen atoms in total. The van der Waals surface area contributed by atoms with Crippen LogP contribution in [0.5, 0.6) is 0 Å². The normalized spacial score (nSPS) is 21.0. The van der Waals surface area contributed by atoms with Gasteiger partial charge in [-0.1, -0.05) is 11.6 Å². The molecule has 0 amide bonds. The van der Waals surface area contributed by atoms with Gasteiger partial charge < -0.3 is 14.0 Å². The van der Waals surface area contributed by atoms with Gasteiger partial charge in [-0.25, -0.2) is 0 Å². The highest BCUT2D eigenvalue weighted by Crippen LogP contribution is 2.42. The number of esters is 1. The summed E-state index contributed by atoms with van der Waals surface area (Å²) in [6, 6.07) is 0. The van der Waals surface area contributed by atoms with E-state index in [1.165, 1.54) is 7.11 Å². The zero-order valence-electron chi connectivity index (χ0n) is 13.8. The Kier molecular flexibility index (Phi) is 4.62. The van der Waals surface area contributed by atoms with E-state index in [9.17, 15) is 4.79 Å². The third kappa shape index (κ3) is 3.16. The van der Waals surface area contributed by atoms with Crippen LogP contribution in [0.4, 0.5) is 0 Å². The molecule has 1 unspecified atom stereocenters. The molecule has 2 heterocycles. The lowest BCUT2D eigenvalue weighted by Gasteiger charge is -2.32. The minimum Gasteiger partial charge on any atom is -0.469 e. The maximum atomic E-state index is 11.8. The van der Waals surface area contributed by atoms with Gasteiger partial charge in [-0.05, 0) is 27.7 Å². The Morgan fingerprint density at radius 2 is 1.95 bits per heavy atom. The molecule has 1 saturated heterocycles. The zero-order chi connectivity index (χ0) is 16.7. The highest BCUT2D eigenvalue weighted by molar-refractivity contribution is 6.48. The summed E-state index contributed by atoms with van der Waals surface area (Å²) in [7, 11) is 2.51. The average Bonchev–Trinajstić information content (AvgIpc) is 2.82. The largest absolute Gasteiger partial charge is 0.469 e. The van der Waals surface area contributed by atoms with Crippen LogP contribution in [0.3, 0.4) is 0 Å². The molecule has 1 aromatic heterocycles. The van der Waals surface area contributed by atoms with E-state index < -0.39 is 24.1 Å². The fourth-order valence-electron chi connectivity index (χ4n) is 2.37. The molecule has 0 aromatic carbocycles. The van der Waals surface area contributed by atoms with Crippen molar-refractivity contribution < 1.29 is 18.8 Å². The second kappa shape index (κ2) is 5.87. The number of aryl methyl sites for hydroxylation is 1. The summed E-state index contributed by atoms with van der Waals surface area (Å²) in [5.41, 5.74) is -0.409. The molecule has 2 rings (SSSR count). The Morgan fingerprint density at radius 3 is 2.36 bits per heavy atom. The van der Waals surface area contributed by atoms with Crippen LogP contribution >= 0.6 is 11.6 Å². The van der Waals surface area contributed by atoms with Crippen molar-refractivity contribution in [3.05, 3.63) is 16.9 Å². The van der Waals surface area contributed by atoms with E-state index in [-0.39, 0.29) is 12.4 Å². The van der Waals surface area contributed by atoms with E-state index in [2.05, 4.69) is 5.10 Å². The Bertz CT molecular complexity index is 557. The van der Waals surface area contributed by atoms with Crippen molar-refractivity contribution in [1.82, 2.24) is 9.78 Å². The van der Waals surface area contributed by atoms with Crippen molar-refractivity contribution in [1.29, 1.82) is 0 Å². The monoisotopic (exact) mass is 328 g/mol. The molecule has 122 valence electrons. The van der Waals surface area contributed by atoms with E-state index in [1.807, 2.05) is 27.7 Å². The molecule has 1 aliphatic heterocycles. The summed E-state index contributed by atoms with van der Waals surface area (Å²) in [6.07, 6.45) is 1.77. The molecule has 0 N–H and O–H groups in total. The van der Waals surface area contributed by atoms with Crippen molar-refractivity contribution >= 4 is 24.7 Å². The van der Waals surface area contributed by atoms with Gasteiger partial charge in [-0.15, -0.1) is 0 Å². The van der Waals surface area contributed by atoms with Crippen LogP contribution in [-0.4, -0.2) is 41.2 Å². The van der Waals surface area contributed by atoms with Gasteiger partial charge in [0.25, 0.3) is 0 Å². The van der Waals surface area contributed by atoms with Gasteiger partial charge in [0.1, 0.15) is 0 Å². The molecule has 0 radical (unpaired) electrons. The predicted molar refractivity (Wildman–Crippen MR) is 83.7 cm³/mol. The Balaban J connectivity index is 2.34. The lowest BCUT2D eigenvalue weighted by atomic mass is 9.68. The molecule has 1 fully saturated rings. The topological polar surface area (TPSA) is 62.6 Å². The van der Waals surface area contributed by atoms with Crippen LogP contribution in [0.1, 0.15) is 45.6 Å². The quantitative estimate of drug-likeness (QED) is 0.627. The molecule has 1 atom stereocenters. The standard InChI is InChI=1S/C14H22BClN2O4/c1-13(2)14(3,4)22-15(21-13)9(7-11(19)20-6)12-10(16)8-18(5)17-12/h8-9H,7H2,1-6H3. The summed E-state index contributed by atoms with van der Waals surface area (Å²) in [4.78, 5) is 11.8. The first-order valence-corrected chi connectivity index (χ1v) is 7.56. The molecule has 1 aromatic rings. The van der Waals surface area contributed by atoms with Crippen molar-refractivity contribution in [3.63, 3.8) is 0 Å². The van der Waals surface area contributed by atoms with Crippen LogP contribution in [-0.2, 0) is 25.9 Å². The molecule has 0 aliphatic carbocycles. The van der Waals surface area contributed by atoms with Gasteiger partial charge in [-0.3, -0.25) is 9.48 Å². The number of halogens is 1. The molecule has 0 bridgehead atoms. The van der Waals surface area contributed by atoms with Gasteiger partial charge in [0.05, 0.1) is 41.3 Å². The SMILES string of the molecule is COC(=O)CC(B1OC(C)(C)C(C)(C)O1)c1nn(C)cc1Cl. The van der Waals surface area contributed by atoms with Crippen LogP contribution in [0.25, 0.3) is 0 Å². The number of aromatic nitrogens is 2. The Morgan fingerprint density at radius 1 is 1.41 bits per heavy atom. The van der Waals surface area contributed by atoms with Crippen molar-refractivity contribution in [2.75, 3.05) is 7.11 Å². The molecular formula is C14H22BClN2O4. The Hall–Kier alpha value is -1.05. The Labute approximate surface area is 136 Å². The minimum absolute atomic E-state index is 0.0874. The highest BCUT2D eigenvalue weighted by Gasteiger charge is 2.55. The molecule has 0 spiro atoms. The van der Waals surface area contributed by atoms with E-state index >= 15 is 0 Å². The van der Waals surface area contributed by atoms with Gasteiger partial charge in [-0.2, -0.15) is 5.10 Å². The minimum atomic E-state index is -0.614. The second-order valence-electron chi connectivity index (χ2n) is 6.55. The summed E-state index contributed by atoms with van der Waals surface area (Å²) in [5, 5.41) is 4.83. The van der Waals surface area contributed by atoms with Crippen molar-refractivity contribution in [2.24, 2.45) is 7.05 Å². The number of nitrogens with zero attached hydrogens (tertiary/aromatic N) is 2. The van der Waals surface area contributed by atoms with E-state index in [0.29, 0.717) is 10.7 Å². The number of carbonyl (C=O) groups excluding carboxylic acids is 1. The van der Waals surface area contributed by atoms with Gasteiger partial charge in [0, 0.05) is 13.2 Å². The maximum Gasteiger partial charge on any atom is 0.468 e. The third-order valence-electron chi connectivity index (χ3n) is 4.38. The highest BCUT2D eigenvalue weighted by atomic mass is 35.5. The van der Waals surface area contributed by atoms with Crippen LogP contribution in [0.2, 0.25) is 5.02 Å². The summed E-state index contributed by atoms with van der Waals surface area (Å²) < 4.78 is 18.5. The lowest BCUT2D eigenvalue weighted by Crippen LogP contribution is -2.41. The third-order valence-corrected chi connectivity index (χ3v) is 4.67. The number of hydrogen-bond donors (Lipinski definition) is 0. The number of methoxy groups -OCH3 is 1. The summed E-state index contributed by atoms with van der Waals surface area (Å²) in [5.74, 6) is -0.788. The summed E-state index contributed by atoms with van der Waals surface area (Å²) in [6.45, 7) is 7.84. The van der Waals surface area contributed by atoms with Crippen LogP contribution in [0, 0.1) is 0 Å². The van der Waals surface area contributed by atoms with E-state index in [0.717, 1.165) is 0 Å². The number of rotatable bonds is 4. The first kappa shape index (κ1) is 17.3. The van der Waals surface area contributed by atoms with Gasteiger partial charge in [0.15, 0.2) is 0 Å². The smallest absolute Gasteiger partial charge is 0.468 e. The van der Waals surface area contributed by atoms with Crippen LogP contribution < -0.4 is 0 Å². The predicted octanol–water partition coefficient (Wildman–Crippen LogP) is 2.35. The molecular weight excluding hydrogens is 306 g/mol. The second-order valence-corrected chi connectivity index (χ2v) is 6.95. The molecule has 8 heteroatoms. The van der Waals surface area contributed by atoms with E-state index in [4.69, 9.17) is 25.6 Å². The summed E-state index contributed by atoms with van der Waals surface area (Å²) >= 11 is 6.24. The van der Waals surface area contributed by atoms with Gasteiger partial charge >= 0.3 is 13.1 Å². The van der Waals surface area contributed by atoms with E-state index in [1.54, 1.807) is 17.9 Å². The van der Waals surface area contributed by atoms with Gasteiger partial charge in [0.2, 0.25) is 0 Å². The number of carbonyl (C=O) groups is 1. The van der Waals surface area contributed by atoms with Crippen molar-refractivity contribution in [3.8, 4) is 0 Å². The first-order valence-electron chi connectivity index (χ1n) is 7.19. The molecule has 22 heavy (non-hydrogen) atoms. The maximum absolute atomic E-state index is 11.8. The molecule has 0 saturated carbocycles. The number of ether oxygens (including phenoxy) is 1. The fourth-order valence-corrected chi connectivity index (χ4v) is 2.68. The molecule has 1 aliphatic rings. The lowest BCUT2D eigenvalue weighted by molar-refractivity contribution is -0.140. The fraction of sp³-hybridized carbons (Fsp3) is 0.714. The first-order chi connectivity index (χ1) is 10.1. The zero-order valence-corrected chi connectivity index (χ0v) is 14.6. The average molecular weight is 329 g/mol. The van der Waals surface area contributed by atoms with Crippen LogP contribution in [0.15, 0.2) is 6.20 Å². The number of hydrogen-bond acceptors (Lipinski definition) is 5.